The van der Waals surface area contributed by atoms with E-state index in [9.17, 15) is 9.59 Å². The Hall–Kier alpha value is -1.36. The lowest BCUT2D eigenvalue weighted by Crippen LogP contribution is -2.41. The van der Waals surface area contributed by atoms with Crippen molar-refractivity contribution in [1.82, 2.24) is 0 Å². The van der Waals surface area contributed by atoms with E-state index in [2.05, 4.69) is 6.58 Å². The van der Waals surface area contributed by atoms with Gasteiger partial charge < -0.3 is 14.2 Å². The van der Waals surface area contributed by atoms with Crippen molar-refractivity contribution < 1.29 is 27.9 Å². The monoisotopic (exact) mass is 273 g/mol. The highest BCUT2D eigenvalue weighted by atomic mass is 16.5. The van der Waals surface area contributed by atoms with E-state index in [1.54, 1.807) is 0 Å². The zero-order valence-electron chi connectivity index (χ0n) is 14.7. The minimum Gasteiger partial charge on any atom is -0.468 e. The van der Waals surface area contributed by atoms with Crippen LogP contribution in [0.15, 0.2) is 12.2 Å². The van der Waals surface area contributed by atoms with Crippen molar-refractivity contribution in [1.29, 1.82) is 0 Å². The van der Waals surface area contributed by atoms with Gasteiger partial charge in [-0.3, -0.25) is 9.59 Å². The molecule has 108 valence electrons. The average Bonchev–Trinajstić information content (AvgIpc) is 2.82. The number of rotatable bonds is 4. The van der Waals surface area contributed by atoms with Gasteiger partial charge in [-0.15, -0.1) is 0 Å². The molecule has 0 amide bonds. The van der Waals surface area contributed by atoms with Crippen LogP contribution in [0.1, 0.15) is 30.7 Å². The fraction of sp³-hybridized carbons (Fsp3) is 0.714. The molecule has 0 aromatic carbocycles. The summed E-state index contributed by atoms with van der Waals surface area (Å²) in [6.45, 7) is 2.83. The highest BCUT2D eigenvalue weighted by Crippen LogP contribution is 2.50. The van der Waals surface area contributed by atoms with Gasteiger partial charge in [0.05, 0.1) is 19.8 Å². The van der Waals surface area contributed by atoms with Gasteiger partial charge in [0.15, 0.2) is 5.41 Å². The number of ether oxygens (including phenoxy) is 3. The standard InChI is InChI=1S/C14H22O5/c1-9-7-14(11(15)17-4,12(16)18-5)8-10(9)13(2,3)19-6/h10H,1,7-8H2,2-6H3/t10-/m1/s1/i2D3/t10-,13+. The summed E-state index contributed by atoms with van der Waals surface area (Å²) in [7, 11) is 3.63. The number of methoxy groups -OCH3 is 3. The predicted molar refractivity (Wildman–Crippen MR) is 69.4 cm³/mol. The smallest absolute Gasteiger partial charge is 0.323 e. The van der Waals surface area contributed by atoms with Crippen molar-refractivity contribution in [3.05, 3.63) is 12.2 Å². The molecule has 0 aromatic rings. The van der Waals surface area contributed by atoms with Gasteiger partial charge in [0.2, 0.25) is 0 Å². The highest BCUT2D eigenvalue weighted by molar-refractivity contribution is 6.01. The maximum atomic E-state index is 12.1. The van der Waals surface area contributed by atoms with Gasteiger partial charge in [0, 0.05) is 17.1 Å². The van der Waals surface area contributed by atoms with Crippen molar-refractivity contribution in [3.63, 3.8) is 0 Å². The second kappa shape index (κ2) is 5.33. The summed E-state index contributed by atoms with van der Waals surface area (Å²) in [6, 6.07) is 0. The van der Waals surface area contributed by atoms with E-state index in [0.29, 0.717) is 5.57 Å². The number of carbonyl (C=O) groups is 2. The Kier molecular flexibility index (Phi) is 3.22. The van der Waals surface area contributed by atoms with Crippen LogP contribution in [0.3, 0.4) is 0 Å². The fourth-order valence-electron chi connectivity index (χ4n) is 2.59. The molecular weight excluding hydrogens is 248 g/mol. The molecule has 0 unspecified atom stereocenters. The summed E-state index contributed by atoms with van der Waals surface area (Å²) in [5.74, 6) is -2.22. The summed E-state index contributed by atoms with van der Waals surface area (Å²) in [5.41, 5.74) is -2.68. The lowest BCUT2D eigenvalue weighted by molar-refractivity contribution is -0.169. The van der Waals surface area contributed by atoms with Crippen molar-refractivity contribution >= 4 is 11.9 Å². The molecule has 0 bridgehead atoms. The number of hydrogen-bond acceptors (Lipinski definition) is 5. The van der Waals surface area contributed by atoms with Crippen LogP contribution >= 0.6 is 0 Å². The van der Waals surface area contributed by atoms with E-state index in [0.717, 1.165) is 0 Å². The fourth-order valence-corrected chi connectivity index (χ4v) is 2.59. The highest BCUT2D eigenvalue weighted by Gasteiger charge is 2.57. The second-order valence-corrected chi connectivity index (χ2v) is 4.97. The van der Waals surface area contributed by atoms with Crippen LogP contribution in [-0.2, 0) is 23.8 Å². The molecule has 19 heavy (non-hydrogen) atoms. The van der Waals surface area contributed by atoms with Crippen LogP contribution < -0.4 is 0 Å². The lowest BCUT2D eigenvalue weighted by Gasteiger charge is -2.31. The van der Waals surface area contributed by atoms with Crippen LogP contribution in [0, 0.1) is 11.3 Å². The molecule has 0 saturated heterocycles. The first-order chi connectivity index (χ1) is 10.00. The Bertz CT molecular complexity index is 469. The van der Waals surface area contributed by atoms with Gasteiger partial charge in [-0.05, 0) is 26.6 Å². The molecule has 0 aromatic heterocycles. The zero-order chi connectivity index (χ0) is 17.3. The Morgan fingerprint density at radius 3 is 2.26 bits per heavy atom. The normalized spacial score (nSPS) is 27.7. The zero-order valence-corrected chi connectivity index (χ0v) is 11.7. The molecule has 1 fully saturated rings. The maximum absolute atomic E-state index is 12.1. The van der Waals surface area contributed by atoms with E-state index in [-0.39, 0.29) is 12.8 Å². The third-order valence-electron chi connectivity index (χ3n) is 3.82. The van der Waals surface area contributed by atoms with Crippen molar-refractivity contribution in [2.24, 2.45) is 11.3 Å². The first kappa shape index (κ1) is 11.5. The number of carbonyl (C=O) groups excluding carboxylic acids is 2. The van der Waals surface area contributed by atoms with Crippen LogP contribution in [-0.4, -0.2) is 38.9 Å². The number of esters is 2. The maximum Gasteiger partial charge on any atom is 0.323 e. The van der Waals surface area contributed by atoms with Gasteiger partial charge in [0.1, 0.15) is 0 Å². The third-order valence-corrected chi connectivity index (χ3v) is 3.82. The molecule has 0 heterocycles. The minimum absolute atomic E-state index is 0.0218. The summed E-state index contributed by atoms with van der Waals surface area (Å²) in [5, 5.41) is 0. The van der Waals surface area contributed by atoms with Gasteiger partial charge in [0.25, 0.3) is 0 Å². The van der Waals surface area contributed by atoms with Crippen LogP contribution in [0.2, 0.25) is 0 Å². The topological polar surface area (TPSA) is 61.8 Å². The van der Waals surface area contributed by atoms with E-state index in [4.69, 9.17) is 18.3 Å². The summed E-state index contributed by atoms with van der Waals surface area (Å²) in [4.78, 5) is 24.3. The van der Waals surface area contributed by atoms with Gasteiger partial charge in [-0.25, -0.2) is 0 Å². The average molecular weight is 273 g/mol. The largest absolute Gasteiger partial charge is 0.468 e. The molecule has 1 saturated carbocycles. The van der Waals surface area contributed by atoms with E-state index in [1.807, 2.05) is 0 Å². The summed E-state index contributed by atoms with van der Waals surface area (Å²) >= 11 is 0. The number of hydrogen-bond donors (Lipinski definition) is 0. The quantitative estimate of drug-likeness (QED) is 0.443. The Balaban J connectivity index is 3.32. The first-order valence-electron chi connectivity index (χ1n) is 7.40. The van der Waals surface area contributed by atoms with Crippen molar-refractivity contribution in [2.45, 2.75) is 32.2 Å². The van der Waals surface area contributed by atoms with Crippen molar-refractivity contribution in [2.75, 3.05) is 21.3 Å². The molecule has 5 nitrogen and oxygen atoms in total. The third kappa shape index (κ3) is 2.52. The molecular formula is C14H22O5. The van der Waals surface area contributed by atoms with Gasteiger partial charge >= 0.3 is 11.9 Å². The van der Waals surface area contributed by atoms with Crippen molar-refractivity contribution in [3.8, 4) is 0 Å². The molecule has 5 heteroatoms. The van der Waals surface area contributed by atoms with Crippen LogP contribution in [0.25, 0.3) is 0 Å². The molecule has 0 spiro atoms. The minimum atomic E-state index is -2.45. The molecule has 0 N–H and O–H groups in total. The van der Waals surface area contributed by atoms with Gasteiger partial charge in [-0.1, -0.05) is 12.2 Å². The summed E-state index contributed by atoms with van der Waals surface area (Å²) in [6.07, 6.45) is -0.0973. The Morgan fingerprint density at radius 2 is 1.89 bits per heavy atom. The Labute approximate surface area is 118 Å². The molecule has 1 aliphatic rings. The first-order valence-corrected chi connectivity index (χ1v) is 5.90. The molecule has 0 aliphatic heterocycles. The molecule has 0 radical (unpaired) electrons. The molecule has 1 aliphatic carbocycles. The second-order valence-electron chi connectivity index (χ2n) is 4.97. The van der Waals surface area contributed by atoms with Gasteiger partial charge in [-0.2, -0.15) is 0 Å². The van der Waals surface area contributed by atoms with E-state index in [1.165, 1.54) is 28.3 Å². The lowest BCUT2D eigenvalue weighted by atomic mass is 9.81. The molecule has 1 rings (SSSR count). The van der Waals surface area contributed by atoms with Crippen LogP contribution in [0.4, 0.5) is 0 Å². The Morgan fingerprint density at radius 1 is 1.37 bits per heavy atom. The van der Waals surface area contributed by atoms with E-state index < -0.39 is 35.7 Å². The van der Waals surface area contributed by atoms with E-state index >= 15 is 0 Å². The summed E-state index contributed by atoms with van der Waals surface area (Å²) < 4.78 is 37.8. The SMILES string of the molecule is [2H]C([2H])([2H])[C@@](C)(OC)[C@@H]1CC(C(=O)OC)(C(=O)OC)CC1=C. The van der Waals surface area contributed by atoms with Crippen LogP contribution in [0.5, 0.6) is 0 Å². The predicted octanol–water partition coefficient (Wildman–Crippen LogP) is 1.71. The molecule has 2 atom stereocenters.